The number of ether oxygens (including phenoxy) is 2. The molecule has 0 aromatic rings. The molecule has 0 radical (unpaired) electrons. The summed E-state index contributed by atoms with van der Waals surface area (Å²) in [4.78, 5) is 0. The fourth-order valence-corrected chi connectivity index (χ4v) is 2.41. The van der Waals surface area contributed by atoms with Crippen molar-refractivity contribution in [3.8, 4) is 0 Å². The van der Waals surface area contributed by atoms with Crippen LogP contribution in [0.5, 0.6) is 0 Å². The normalized spacial score (nSPS) is 38.1. The molecule has 0 amide bonds. The molecule has 2 aliphatic rings. The first-order valence-electron chi connectivity index (χ1n) is 5.65. The highest BCUT2D eigenvalue weighted by molar-refractivity contribution is 4.89. The molecule has 2 rings (SSSR count). The van der Waals surface area contributed by atoms with Crippen LogP contribution in [0.25, 0.3) is 0 Å². The molecule has 2 aliphatic heterocycles. The van der Waals surface area contributed by atoms with Gasteiger partial charge in [-0.1, -0.05) is 0 Å². The molecule has 2 heterocycles. The molecule has 0 aromatic heterocycles. The maximum absolute atomic E-state index is 6.19. The van der Waals surface area contributed by atoms with Crippen LogP contribution >= 0.6 is 0 Å². The Hall–Kier alpha value is -0.120. The Kier molecular flexibility index (Phi) is 2.82. The summed E-state index contributed by atoms with van der Waals surface area (Å²) >= 11 is 0. The maximum Gasteiger partial charge on any atom is 0.122 e. The Bertz CT molecular complexity index is 195. The van der Waals surface area contributed by atoms with Crippen LogP contribution in [-0.2, 0) is 9.47 Å². The van der Waals surface area contributed by atoms with Crippen molar-refractivity contribution in [2.24, 2.45) is 0 Å². The zero-order chi connectivity index (χ0) is 10.1. The summed E-state index contributed by atoms with van der Waals surface area (Å²) in [6, 6.07) is 0. The van der Waals surface area contributed by atoms with E-state index in [9.17, 15) is 0 Å². The van der Waals surface area contributed by atoms with Gasteiger partial charge in [-0.15, -0.1) is 0 Å². The maximum atomic E-state index is 6.19. The summed E-state index contributed by atoms with van der Waals surface area (Å²) in [5.41, 5.74) is -0.0756. The van der Waals surface area contributed by atoms with Crippen molar-refractivity contribution < 1.29 is 9.47 Å². The minimum atomic E-state index is -0.0990. The lowest BCUT2D eigenvalue weighted by molar-refractivity contribution is -0.191. The van der Waals surface area contributed by atoms with Crippen LogP contribution < -0.4 is 5.32 Å². The third-order valence-electron chi connectivity index (χ3n) is 3.17. The second kappa shape index (κ2) is 3.80. The monoisotopic (exact) mass is 199 g/mol. The Morgan fingerprint density at radius 3 is 2.71 bits per heavy atom. The van der Waals surface area contributed by atoms with Gasteiger partial charge in [0, 0.05) is 19.6 Å². The fourth-order valence-electron chi connectivity index (χ4n) is 2.41. The highest BCUT2D eigenvalue weighted by Gasteiger charge is 2.40. The smallest absolute Gasteiger partial charge is 0.122 e. The zero-order valence-corrected chi connectivity index (χ0v) is 9.27. The molecular weight excluding hydrogens is 178 g/mol. The van der Waals surface area contributed by atoms with Gasteiger partial charge < -0.3 is 9.47 Å². The lowest BCUT2D eigenvalue weighted by Crippen LogP contribution is -2.58. The Balaban J connectivity index is 2.05. The molecule has 0 aromatic carbocycles. The van der Waals surface area contributed by atoms with E-state index in [0.717, 1.165) is 45.4 Å². The molecule has 82 valence electrons. The van der Waals surface area contributed by atoms with Gasteiger partial charge >= 0.3 is 0 Å². The minimum Gasteiger partial charge on any atom is -0.381 e. The topological polar surface area (TPSA) is 30.5 Å². The predicted molar refractivity (Wildman–Crippen MR) is 55.2 cm³/mol. The molecule has 0 bridgehead atoms. The van der Waals surface area contributed by atoms with Gasteiger partial charge in [0.1, 0.15) is 5.72 Å². The molecule has 14 heavy (non-hydrogen) atoms. The van der Waals surface area contributed by atoms with E-state index in [-0.39, 0.29) is 11.3 Å². The summed E-state index contributed by atoms with van der Waals surface area (Å²) in [7, 11) is 0. The Morgan fingerprint density at radius 1 is 1.07 bits per heavy atom. The molecule has 1 N–H and O–H groups in total. The summed E-state index contributed by atoms with van der Waals surface area (Å²) in [6.45, 7) is 7.13. The zero-order valence-electron chi connectivity index (χ0n) is 9.27. The van der Waals surface area contributed by atoms with Crippen molar-refractivity contribution in [1.82, 2.24) is 5.32 Å². The van der Waals surface area contributed by atoms with Crippen molar-refractivity contribution >= 4 is 0 Å². The van der Waals surface area contributed by atoms with Crippen molar-refractivity contribution in [2.45, 2.75) is 50.9 Å². The van der Waals surface area contributed by atoms with Gasteiger partial charge in [0.05, 0.1) is 12.2 Å². The molecule has 1 unspecified atom stereocenters. The summed E-state index contributed by atoms with van der Waals surface area (Å²) in [5.74, 6) is 0. The number of hydrogen-bond acceptors (Lipinski definition) is 3. The van der Waals surface area contributed by atoms with E-state index in [1.54, 1.807) is 0 Å². The molecule has 0 aliphatic carbocycles. The third kappa shape index (κ3) is 2.27. The lowest BCUT2D eigenvalue weighted by Gasteiger charge is -2.45. The van der Waals surface area contributed by atoms with E-state index < -0.39 is 0 Å². The van der Waals surface area contributed by atoms with Gasteiger partial charge in [-0.3, -0.25) is 5.32 Å². The predicted octanol–water partition coefficient (Wildman–Crippen LogP) is 1.67. The van der Waals surface area contributed by atoms with E-state index in [1.165, 1.54) is 0 Å². The summed E-state index contributed by atoms with van der Waals surface area (Å²) in [6.07, 6.45) is 4.26. The van der Waals surface area contributed by atoms with Crippen LogP contribution in [0.3, 0.4) is 0 Å². The van der Waals surface area contributed by atoms with Gasteiger partial charge in [0.25, 0.3) is 0 Å². The number of hydrogen-bond donors (Lipinski definition) is 1. The van der Waals surface area contributed by atoms with Crippen LogP contribution in [0.2, 0.25) is 0 Å². The van der Waals surface area contributed by atoms with Gasteiger partial charge in [-0.25, -0.2) is 0 Å². The van der Waals surface area contributed by atoms with Crippen molar-refractivity contribution in [1.29, 1.82) is 0 Å². The molecular formula is C11H21NO2. The molecule has 2 saturated heterocycles. The van der Waals surface area contributed by atoms with Crippen LogP contribution in [0.1, 0.15) is 39.5 Å². The molecule has 3 heteroatoms. The second-order valence-electron chi connectivity index (χ2n) is 5.00. The number of nitrogens with one attached hydrogen (secondary N) is 1. The van der Waals surface area contributed by atoms with E-state index >= 15 is 0 Å². The van der Waals surface area contributed by atoms with Gasteiger partial charge in [-0.05, 0) is 33.1 Å². The van der Waals surface area contributed by atoms with E-state index in [2.05, 4.69) is 19.2 Å². The average Bonchev–Trinajstić information content (AvgIpc) is 2.29. The molecule has 1 atom stereocenters. The van der Waals surface area contributed by atoms with Crippen molar-refractivity contribution in [3.05, 3.63) is 0 Å². The second-order valence-corrected chi connectivity index (χ2v) is 5.00. The van der Waals surface area contributed by atoms with Crippen molar-refractivity contribution in [3.63, 3.8) is 0 Å². The SMILES string of the molecule is CC1(C)CCNC2(CCCOCC2)O1. The first-order valence-corrected chi connectivity index (χ1v) is 5.65. The van der Waals surface area contributed by atoms with E-state index in [4.69, 9.17) is 9.47 Å². The standard InChI is InChI=1S/C11H21NO2/c1-10(2)5-7-12-11(14-10)4-3-8-13-9-6-11/h12H,3-9H2,1-2H3. The summed E-state index contributed by atoms with van der Waals surface area (Å²) < 4.78 is 11.7. The van der Waals surface area contributed by atoms with Crippen LogP contribution in [0.15, 0.2) is 0 Å². The molecule has 3 nitrogen and oxygen atoms in total. The van der Waals surface area contributed by atoms with Crippen molar-refractivity contribution in [2.75, 3.05) is 19.8 Å². The third-order valence-corrected chi connectivity index (χ3v) is 3.17. The molecule has 2 fully saturated rings. The first-order chi connectivity index (χ1) is 6.62. The Morgan fingerprint density at radius 2 is 1.93 bits per heavy atom. The molecule has 0 saturated carbocycles. The largest absolute Gasteiger partial charge is 0.381 e. The Labute approximate surface area is 86.2 Å². The first kappa shape index (κ1) is 10.4. The quantitative estimate of drug-likeness (QED) is 0.644. The van der Waals surface area contributed by atoms with Crippen LogP contribution in [-0.4, -0.2) is 31.1 Å². The van der Waals surface area contributed by atoms with Crippen LogP contribution in [0.4, 0.5) is 0 Å². The van der Waals surface area contributed by atoms with Gasteiger partial charge in [0.2, 0.25) is 0 Å². The minimum absolute atomic E-state index is 0.0234. The van der Waals surface area contributed by atoms with Gasteiger partial charge in [0.15, 0.2) is 0 Å². The summed E-state index contributed by atoms with van der Waals surface area (Å²) in [5, 5.41) is 3.53. The fraction of sp³-hybridized carbons (Fsp3) is 1.00. The highest BCUT2D eigenvalue weighted by atomic mass is 16.5. The van der Waals surface area contributed by atoms with Crippen LogP contribution in [0, 0.1) is 0 Å². The molecule has 1 spiro atoms. The van der Waals surface area contributed by atoms with E-state index in [0.29, 0.717) is 0 Å². The average molecular weight is 199 g/mol. The van der Waals surface area contributed by atoms with E-state index in [1.807, 2.05) is 0 Å². The lowest BCUT2D eigenvalue weighted by atomic mass is 9.96. The highest BCUT2D eigenvalue weighted by Crippen LogP contribution is 2.33. The van der Waals surface area contributed by atoms with Gasteiger partial charge in [-0.2, -0.15) is 0 Å². The number of rotatable bonds is 0.